The molecule has 0 saturated carbocycles. The van der Waals surface area contributed by atoms with Crippen molar-refractivity contribution < 1.29 is 20.1 Å². The Hall–Kier alpha value is -1.65. The number of aromatic hydroxyl groups is 2. The lowest BCUT2D eigenvalue weighted by Gasteiger charge is -1.96. The van der Waals surface area contributed by atoms with Gasteiger partial charge in [-0.05, 0) is 0 Å². The lowest BCUT2D eigenvalue weighted by atomic mass is 10.4. The molecule has 1 rings (SSSR count). The summed E-state index contributed by atoms with van der Waals surface area (Å²) in [5, 5.41) is 26.2. The highest BCUT2D eigenvalue weighted by Gasteiger charge is 2.15. The van der Waals surface area contributed by atoms with Crippen LogP contribution in [0.15, 0.2) is 6.07 Å². The van der Waals surface area contributed by atoms with Crippen LogP contribution in [0.3, 0.4) is 0 Å². The number of rotatable bonds is 1. The third-order valence-electron chi connectivity index (χ3n) is 1.40. The summed E-state index contributed by atoms with van der Waals surface area (Å²) in [5.74, 6) is -2.06. The van der Waals surface area contributed by atoms with Gasteiger partial charge in [0, 0.05) is 13.1 Å². The Labute approximate surface area is 62.1 Å². The fraction of sp³-hybridized carbons (Fsp3) is 0.167. The van der Waals surface area contributed by atoms with Crippen molar-refractivity contribution in [3.05, 3.63) is 11.8 Å². The van der Waals surface area contributed by atoms with Crippen molar-refractivity contribution in [1.82, 2.24) is 4.57 Å². The van der Waals surface area contributed by atoms with Crippen LogP contribution in [0, 0.1) is 0 Å². The Morgan fingerprint density at radius 2 is 2.09 bits per heavy atom. The van der Waals surface area contributed by atoms with Crippen LogP contribution < -0.4 is 0 Å². The van der Waals surface area contributed by atoms with E-state index in [1.54, 1.807) is 0 Å². The van der Waals surface area contributed by atoms with Crippen molar-refractivity contribution in [2.45, 2.75) is 0 Å². The molecule has 3 N–H and O–H groups in total. The average Bonchev–Trinajstić information content (AvgIpc) is 2.17. The van der Waals surface area contributed by atoms with Crippen molar-refractivity contribution >= 4 is 5.97 Å². The van der Waals surface area contributed by atoms with Gasteiger partial charge in [0.15, 0.2) is 5.75 Å². The molecular weight excluding hydrogens is 150 g/mol. The van der Waals surface area contributed by atoms with Crippen LogP contribution in [0.25, 0.3) is 0 Å². The number of aromatic nitrogens is 1. The molecule has 1 heterocycles. The van der Waals surface area contributed by atoms with Gasteiger partial charge in [-0.15, -0.1) is 0 Å². The van der Waals surface area contributed by atoms with Crippen LogP contribution >= 0.6 is 0 Å². The second kappa shape index (κ2) is 2.19. The predicted octanol–water partition coefficient (Wildman–Crippen LogP) is 0.134. The molecule has 0 aromatic carbocycles. The zero-order valence-electron chi connectivity index (χ0n) is 5.77. The molecular formula is C6H7NO4. The molecule has 0 aliphatic rings. The molecule has 0 aliphatic carbocycles. The van der Waals surface area contributed by atoms with Gasteiger partial charge < -0.3 is 19.9 Å². The first-order valence-electron chi connectivity index (χ1n) is 2.85. The normalized spacial score (nSPS) is 9.91. The molecule has 0 fully saturated rings. The Kier molecular flexibility index (Phi) is 1.48. The third kappa shape index (κ3) is 1.000. The summed E-state index contributed by atoms with van der Waals surface area (Å²) in [4.78, 5) is 10.3. The molecule has 0 bridgehead atoms. The number of nitrogens with zero attached hydrogens (tertiary/aromatic N) is 1. The Morgan fingerprint density at radius 1 is 1.55 bits per heavy atom. The van der Waals surface area contributed by atoms with Crippen LogP contribution in [0.4, 0.5) is 0 Å². The van der Waals surface area contributed by atoms with Crippen molar-refractivity contribution in [2.75, 3.05) is 0 Å². The molecule has 0 aliphatic heterocycles. The monoisotopic (exact) mass is 157 g/mol. The number of hydrogen-bond acceptors (Lipinski definition) is 3. The maximum absolute atomic E-state index is 10.3. The van der Waals surface area contributed by atoms with Crippen molar-refractivity contribution in [1.29, 1.82) is 0 Å². The van der Waals surface area contributed by atoms with Gasteiger partial charge in [0.25, 0.3) is 0 Å². The number of carbonyl (C=O) groups is 1. The average molecular weight is 157 g/mol. The minimum atomic E-state index is -1.19. The largest absolute Gasteiger partial charge is 0.503 e. The first-order valence-corrected chi connectivity index (χ1v) is 2.85. The van der Waals surface area contributed by atoms with Crippen LogP contribution in [0.5, 0.6) is 11.6 Å². The van der Waals surface area contributed by atoms with Crippen molar-refractivity contribution in [3.8, 4) is 11.6 Å². The van der Waals surface area contributed by atoms with Crippen LogP contribution in [-0.2, 0) is 7.05 Å². The highest BCUT2D eigenvalue weighted by molar-refractivity contribution is 5.87. The zero-order valence-corrected chi connectivity index (χ0v) is 5.77. The summed E-state index contributed by atoms with van der Waals surface area (Å²) in [7, 11) is 1.35. The van der Waals surface area contributed by atoms with Gasteiger partial charge in [-0.3, -0.25) is 0 Å². The SMILES string of the molecule is Cn1c(C(=O)O)cc(O)c1O. The fourth-order valence-electron chi connectivity index (χ4n) is 0.782. The van der Waals surface area contributed by atoms with E-state index in [0.717, 1.165) is 10.6 Å². The summed E-state index contributed by atoms with van der Waals surface area (Å²) in [5.41, 5.74) is -0.153. The van der Waals surface area contributed by atoms with E-state index in [4.69, 9.17) is 15.3 Å². The number of aromatic carboxylic acids is 1. The summed E-state index contributed by atoms with van der Waals surface area (Å²) in [6.07, 6.45) is 0. The first kappa shape index (κ1) is 7.46. The molecule has 0 amide bonds. The van der Waals surface area contributed by atoms with Gasteiger partial charge >= 0.3 is 5.97 Å². The summed E-state index contributed by atoms with van der Waals surface area (Å²) >= 11 is 0. The molecule has 0 spiro atoms. The van der Waals surface area contributed by atoms with Gasteiger partial charge in [0.2, 0.25) is 5.88 Å². The predicted molar refractivity (Wildman–Crippen MR) is 35.7 cm³/mol. The van der Waals surface area contributed by atoms with Gasteiger partial charge in [-0.2, -0.15) is 0 Å². The van der Waals surface area contributed by atoms with Crippen LogP contribution in [0.2, 0.25) is 0 Å². The van der Waals surface area contributed by atoms with Crippen molar-refractivity contribution in [2.24, 2.45) is 7.05 Å². The first-order chi connectivity index (χ1) is 5.04. The molecule has 5 heteroatoms. The second-order valence-corrected chi connectivity index (χ2v) is 2.10. The van der Waals surface area contributed by atoms with Crippen LogP contribution in [-0.4, -0.2) is 25.9 Å². The van der Waals surface area contributed by atoms with E-state index >= 15 is 0 Å². The Morgan fingerprint density at radius 3 is 2.27 bits per heavy atom. The molecule has 5 nitrogen and oxygen atoms in total. The van der Waals surface area contributed by atoms with E-state index in [1.807, 2.05) is 0 Å². The molecule has 1 aromatic heterocycles. The maximum atomic E-state index is 10.3. The Balaban J connectivity index is 3.29. The standard InChI is InChI=1S/C6H7NO4/c1-7-3(6(10)11)2-4(8)5(7)9/h2,8-9H,1H3,(H,10,11). The lowest BCUT2D eigenvalue weighted by Crippen LogP contribution is -2.03. The third-order valence-corrected chi connectivity index (χ3v) is 1.40. The van der Waals surface area contributed by atoms with Gasteiger partial charge in [0.05, 0.1) is 0 Å². The summed E-state index contributed by atoms with van der Waals surface area (Å²) in [6, 6.07) is 0.984. The lowest BCUT2D eigenvalue weighted by molar-refractivity contribution is 0.0685. The fourth-order valence-corrected chi connectivity index (χ4v) is 0.782. The second-order valence-electron chi connectivity index (χ2n) is 2.10. The topological polar surface area (TPSA) is 82.7 Å². The Bertz CT molecular complexity index is 302. The number of hydrogen-bond donors (Lipinski definition) is 3. The van der Waals surface area contributed by atoms with Gasteiger partial charge in [-0.1, -0.05) is 0 Å². The van der Waals surface area contributed by atoms with E-state index in [-0.39, 0.29) is 5.69 Å². The number of carboxylic acid groups (broad SMARTS) is 1. The molecule has 11 heavy (non-hydrogen) atoms. The molecule has 0 radical (unpaired) electrons. The van der Waals surface area contributed by atoms with Gasteiger partial charge in [0.1, 0.15) is 5.69 Å². The summed E-state index contributed by atoms with van der Waals surface area (Å²) in [6.45, 7) is 0. The van der Waals surface area contributed by atoms with Crippen LogP contribution in [0.1, 0.15) is 10.5 Å². The van der Waals surface area contributed by atoms with Gasteiger partial charge in [-0.25, -0.2) is 4.79 Å². The minimum Gasteiger partial charge on any atom is -0.503 e. The zero-order chi connectivity index (χ0) is 8.59. The highest BCUT2D eigenvalue weighted by Crippen LogP contribution is 2.27. The number of carboxylic acids is 1. The quantitative estimate of drug-likeness (QED) is 0.541. The van der Waals surface area contributed by atoms with E-state index in [0.29, 0.717) is 0 Å². The van der Waals surface area contributed by atoms with E-state index in [9.17, 15) is 4.79 Å². The van der Waals surface area contributed by atoms with Crippen molar-refractivity contribution in [3.63, 3.8) is 0 Å². The van der Waals surface area contributed by atoms with E-state index in [2.05, 4.69) is 0 Å². The molecule has 0 atom stereocenters. The molecule has 0 unspecified atom stereocenters. The highest BCUT2D eigenvalue weighted by atomic mass is 16.4. The maximum Gasteiger partial charge on any atom is 0.352 e. The minimum absolute atomic E-state index is 0.153. The summed E-state index contributed by atoms with van der Waals surface area (Å²) < 4.78 is 0.984. The molecule has 60 valence electrons. The smallest absolute Gasteiger partial charge is 0.352 e. The molecule has 1 aromatic rings. The van der Waals surface area contributed by atoms with E-state index < -0.39 is 17.6 Å². The molecule has 0 saturated heterocycles. The van der Waals surface area contributed by atoms with E-state index in [1.165, 1.54) is 7.05 Å².